The number of benzene rings is 1. The van der Waals surface area contributed by atoms with E-state index in [4.69, 9.17) is 16.3 Å². The molecule has 0 aliphatic carbocycles. The second-order valence-corrected chi connectivity index (χ2v) is 6.94. The molecule has 3 rings (SSSR count). The number of nitrogens with zero attached hydrogens (tertiary/aromatic N) is 3. The first-order valence-electron chi connectivity index (χ1n) is 8.87. The molecule has 1 atom stereocenters. The Balaban J connectivity index is 1.81. The molecule has 0 radical (unpaired) electrons. The lowest BCUT2D eigenvalue weighted by atomic mass is 10.0. The highest BCUT2D eigenvalue weighted by Gasteiger charge is 2.27. The normalized spacial score (nSPS) is 15.8. The summed E-state index contributed by atoms with van der Waals surface area (Å²) in [6.45, 7) is 4.32. The lowest BCUT2D eigenvalue weighted by Crippen LogP contribution is -2.37. The molecule has 1 aliphatic rings. The molecule has 0 spiro atoms. The van der Waals surface area contributed by atoms with Gasteiger partial charge in [-0.3, -0.25) is 14.4 Å². The summed E-state index contributed by atoms with van der Waals surface area (Å²) < 4.78 is 7.06. The number of carbonyl (C=O) groups excluding carboxylic acids is 1. The predicted molar refractivity (Wildman–Crippen MR) is 102 cm³/mol. The maximum Gasteiger partial charge on any atom is 0.256 e. The summed E-state index contributed by atoms with van der Waals surface area (Å²) in [4.78, 5) is 15.1. The first-order valence-corrected chi connectivity index (χ1v) is 9.25. The molecular formula is C19H25ClN4O2. The van der Waals surface area contributed by atoms with Crippen molar-refractivity contribution in [3.63, 3.8) is 0 Å². The van der Waals surface area contributed by atoms with Crippen LogP contribution in [0.4, 0.5) is 0 Å². The number of aryl methyl sites for hydroxylation is 2. The minimum Gasteiger partial charge on any atom is -0.496 e. The first kappa shape index (κ1) is 18.7. The quantitative estimate of drug-likeness (QED) is 0.842. The number of aromatic nitrogens is 2. The highest BCUT2D eigenvalue weighted by Crippen LogP contribution is 2.31. The molecule has 26 heavy (non-hydrogen) atoms. The average molecular weight is 377 g/mol. The zero-order chi connectivity index (χ0) is 18.7. The predicted octanol–water partition coefficient (Wildman–Crippen LogP) is 2.96. The highest BCUT2D eigenvalue weighted by atomic mass is 35.5. The topological polar surface area (TPSA) is 59.4 Å². The molecule has 1 N–H and O–H groups in total. The van der Waals surface area contributed by atoms with E-state index in [2.05, 4.69) is 21.4 Å². The number of hydrogen-bond donors (Lipinski definition) is 1. The maximum absolute atomic E-state index is 12.7. The zero-order valence-corrected chi connectivity index (χ0v) is 16.2. The Bertz CT molecular complexity index is 784. The van der Waals surface area contributed by atoms with E-state index in [0.717, 1.165) is 24.4 Å². The van der Waals surface area contributed by atoms with Gasteiger partial charge in [0.1, 0.15) is 10.9 Å². The smallest absolute Gasteiger partial charge is 0.256 e. The fourth-order valence-electron chi connectivity index (χ4n) is 3.60. The molecule has 0 bridgehead atoms. The van der Waals surface area contributed by atoms with Crippen LogP contribution in [0.25, 0.3) is 0 Å². The van der Waals surface area contributed by atoms with Crippen molar-refractivity contribution < 1.29 is 9.53 Å². The third-order valence-electron chi connectivity index (χ3n) is 4.91. The van der Waals surface area contributed by atoms with Crippen molar-refractivity contribution in [2.75, 3.05) is 26.7 Å². The van der Waals surface area contributed by atoms with Crippen LogP contribution in [0.1, 0.15) is 40.5 Å². The monoisotopic (exact) mass is 376 g/mol. The van der Waals surface area contributed by atoms with Gasteiger partial charge in [0.25, 0.3) is 5.91 Å². The summed E-state index contributed by atoms with van der Waals surface area (Å²) in [5.41, 5.74) is 2.16. The van der Waals surface area contributed by atoms with Gasteiger partial charge in [0.05, 0.1) is 24.4 Å². The van der Waals surface area contributed by atoms with Crippen LogP contribution in [0.5, 0.6) is 5.75 Å². The van der Waals surface area contributed by atoms with E-state index in [1.807, 2.05) is 18.2 Å². The molecule has 1 saturated heterocycles. The molecule has 1 fully saturated rings. The first-order chi connectivity index (χ1) is 12.5. The molecule has 1 aromatic heterocycles. The Hall–Kier alpha value is -2.05. The van der Waals surface area contributed by atoms with E-state index in [1.165, 1.54) is 17.5 Å². The summed E-state index contributed by atoms with van der Waals surface area (Å²) in [7, 11) is 3.41. The van der Waals surface area contributed by atoms with E-state index >= 15 is 0 Å². The van der Waals surface area contributed by atoms with Gasteiger partial charge in [-0.1, -0.05) is 29.8 Å². The SMILES string of the molecule is COc1ccccc1C(CNC(=O)c1c(C)nn(C)c1Cl)N1CCCC1. The fourth-order valence-corrected chi connectivity index (χ4v) is 3.86. The number of amides is 1. The summed E-state index contributed by atoms with van der Waals surface area (Å²) in [5.74, 6) is 0.647. The Kier molecular flexibility index (Phi) is 5.84. The Labute approximate surface area is 159 Å². The van der Waals surface area contributed by atoms with Crippen molar-refractivity contribution in [3.8, 4) is 5.75 Å². The fraction of sp³-hybridized carbons (Fsp3) is 0.474. The molecule has 2 heterocycles. The van der Waals surface area contributed by atoms with E-state index in [1.54, 1.807) is 21.1 Å². The van der Waals surface area contributed by atoms with Crippen molar-refractivity contribution in [1.29, 1.82) is 0 Å². The van der Waals surface area contributed by atoms with Crippen LogP contribution < -0.4 is 10.1 Å². The Morgan fingerprint density at radius 2 is 2.04 bits per heavy atom. The number of halogens is 1. The van der Waals surface area contributed by atoms with Crippen LogP contribution in [0.15, 0.2) is 24.3 Å². The van der Waals surface area contributed by atoms with Gasteiger partial charge in [0, 0.05) is 19.2 Å². The second kappa shape index (κ2) is 8.10. The molecule has 1 aliphatic heterocycles. The third kappa shape index (κ3) is 3.71. The van der Waals surface area contributed by atoms with Crippen LogP contribution in [-0.2, 0) is 7.05 Å². The Morgan fingerprint density at radius 3 is 2.65 bits per heavy atom. The van der Waals surface area contributed by atoms with Gasteiger partial charge in [-0.2, -0.15) is 5.10 Å². The number of methoxy groups -OCH3 is 1. The third-order valence-corrected chi connectivity index (χ3v) is 5.35. The summed E-state index contributed by atoms with van der Waals surface area (Å²) >= 11 is 6.23. The molecule has 1 amide bonds. The van der Waals surface area contributed by atoms with Crippen LogP contribution in [-0.4, -0.2) is 47.3 Å². The summed E-state index contributed by atoms with van der Waals surface area (Å²) in [5, 5.41) is 7.62. The van der Waals surface area contributed by atoms with Gasteiger partial charge in [-0.05, 0) is 38.9 Å². The Morgan fingerprint density at radius 1 is 1.35 bits per heavy atom. The highest BCUT2D eigenvalue weighted by molar-refractivity contribution is 6.33. The molecule has 2 aromatic rings. The molecular weight excluding hydrogens is 352 g/mol. The minimum atomic E-state index is -0.195. The van der Waals surface area contributed by atoms with Crippen molar-refractivity contribution in [2.45, 2.75) is 25.8 Å². The van der Waals surface area contributed by atoms with Gasteiger partial charge in [0.15, 0.2) is 0 Å². The number of nitrogens with one attached hydrogen (secondary N) is 1. The van der Waals surface area contributed by atoms with E-state index in [-0.39, 0.29) is 11.9 Å². The largest absolute Gasteiger partial charge is 0.496 e. The molecule has 1 unspecified atom stereocenters. The van der Waals surface area contributed by atoms with Gasteiger partial charge in [-0.25, -0.2) is 0 Å². The van der Waals surface area contributed by atoms with Crippen LogP contribution >= 0.6 is 11.6 Å². The average Bonchev–Trinajstić information content (AvgIpc) is 3.24. The number of hydrogen-bond acceptors (Lipinski definition) is 4. The van der Waals surface area contributed by atoms with Crippen molar-refractivity contribution in [2.24, 2.45) is 7.05 Å². The van der Waals surface area contributed by atoms with Crippen molar-refractivity contribution in [3.05, 3.63) is 46.2 Å². The van der Waals surface area contributed by atoms with Crippen LogP contribution in [0, 0.1) is 6.92 Å². The van der Waals surface area contributed by atoms with Gasteiger partial charge < -0.3 is 10.1 Å². The number of rotatable bonds is 6. The lowest BCUT2D eigenvalue weighted by Gasteiger charge is -2.29. The van der Waals surface area contributed by atoms with E-state index < -0.39 is 0 Å². The lowest BCUT2D eigenvalue weighted by molar-refractivity contribution is 0.0937. The van der Waals surface area contributed by atoms with Crippen LogP contribution in [0.3, 0.4) is 0 Å². The molecule has 6 nitrogen and oxygen atoms in total. The molecule has 7 heteroatoms. The number of carbonyl (C=O) groups is 1. The van der Waals surface area contributed by atoms with Crippen molar-refractivity contribution >= 4 is 17.5 Å². The molecule has 1 aromatic carbocycles. The van der Waals surface area contributed by atoms with E-state index in [0.29, 0.717) is 23.0 Å². The minimum absolute atomic E-state index is 0.0633. The summed E-state index contributed by atoms with van der Waals surface area (Å²) in [6.07, 6.45) is 2.35. The van der Waals surface area contributed by atoms with Gasteiger partial charge in [-0.15, -0.1) is 0 Å². The van der Waals surface area contributed by atoms with Crippen LogP contribution in [0.2, 0.25) is 5.15 Å². The zero-order valence-electron chi connectivity index (χ0n) is 15.5. The van der Waals surface area contributed by atoms with Gasteiger partial charge in [0.2, 0.25) is 0 Å². The molecule has 140 valence electrons. The standard InChI is InChI=1S/C19H25ClN4O2/c1-13-17(18(20)23(2)22-13)19(25)21-12-15(24-10-6-7-11-24)14-8-4-5-9-16(14)26-3/h4-5,8-9,15H,6-7,10-12H2,1-3H3,(H,21,25). The van der Waals surface area contributed by atoms with E-state index in [9.17, 15) is 4.79 Å². The molecule has 0 saturated carbocycles. The summed E-state index contributed by atoms with van der Waals surface area (Å²) in [6, 6.07) is 8.05. The number of ether oxygens (including phenoxy) is 1. The van der Waals surface area contributed by atoms with Crippen molar-refractivity contribution in [1.82, 2.24) is 20.0 Å². The second-order valence-electron chi connectivity index (χ2n) is 6.59. The van der Waals surface area contributed by atoms with Gasteiger partial charge >= 0.3 is 0 Å². The maximum atomic E-state index is 12.7. The number of likely N-dealkylation sites (tertiary alicyclic amines) is 1. The number of para-hydroxylation sites is 1.